The molecular weight excluding hydrogens is 258 g/mol. The summed E-state index contributed by atoms with van der Waals surface area (Å²) < 4.78 is 0. The summed E-state index contributed by atoms with van der Waals surface area (Å²) in [5.74, 6) is 0.367. The van der Waals surface area contributed by atoms with E-state index < -0.39 is 0 Å². The zero-order valence-electron chi connectivity index (χ0n) is 11.9. The summed E-state index contributed by atoms with van der Waals surface area (Å²) in [6, 6.07) is 23.6. The molecule has 1 unspecified atom stereocenters. The van der Waals surface area contributed by atoms with Gasteiger partial charge in [0.05, 0.1) is 5.69 Å². The summed E-state index contributed by atoms with van der Waals surface area (Å²) in [6.07, 6.45) is 0. The Morgan fingerprint density at radius 2 is 1.52 bits per heavy atom. The minimum Gasteiger partial charge on any atom is -0.508 e. The van der Waals surface area contributed by atoms with Crippen LogP contribution in [0.4, 0.5) is 0 Å². The van der Waals surface area contributed by atoms with Crippen LogP contribution < -0.4 is 0 Å². The van der Waals surface area contributed by atoms with E-state index in [1.54, 1.807) is 6.07 Å². The van der Waals surface area contributed by atoms with Crippen molar-refractivity contribution in [3.63, 3.8) is 0 Å². The third-order valence-electron chi connectivity index (χ3n) is 3.69. The van der Waals surface area contributed by atoms with Gasteiger partial charge in [0.2, 0.25) is 0 Å². The van der Waals surface area contributed by atoms with Gasteiger partial charge in [-0.25, -0.2) is 0 Å². The Kier molecular flexibility index (Phi) is 3.69. The maximum atomic E-state index is 10.0. The normalized spacial score (nSPS) is 12.0. The number of phenolic OH excluding ortho intramolecular Hbond substituents is 1. The maximum Gasteiger partial charge on any atom is 0.119 e. The molecule has 0 aliphatic rings. The summed E-state index contributed by atoms with van der Waals surface area (Å²) in [7, 11) is 0. The molecule has 0 bridgehead atoms. The summed E-state index contributed by atoms with van der Waals surface area (Å²) in [5.41, 5.74) is 3.91. The molecule has 2 heteroatoms. The average Bonchev–Trinajstić information content (AvgIpc) is 2.56. The van der Waals surface area contributed by atoms with Crippen LogP contribution in [0.3, 0.4) is 0 Å². The molecule has 1 aromatic heterocycles. The first-order chi connectivity index (χ1) is 10.3. The summed E-state index contributed by atoms with van der Waals surface area (Å²) >= 11 is 0. The van der Waals surface area contributed by atoms with Crippen LogP contribution >= 0.6 is 0 Å². The number of benzene rings is 2. The first-order valence-corrected chi connectivity index (χ1v) is 7.06. The molecule has 21 heavy (non-hydrogen) atoms. The van der Waals surface area contributed by atoms with Gasteiger partial charge in [-0.05, 0) is 18.2 Å². The van der Waals surface area contributed by atoms with E-state index in [4.69, 9.17) is 4.98 Å². The van der Waals surface area contributed by atoms with E-state index in [9.17, 15) is 5.11 Å². The smallest absolute Gasteiger partial charge is 0.119 e. The quantitative estimate of drug-likeness (QED) is 0.757. The number of hydrogen-bond donors (Lipinski definition) is 1. The highest BCUT2D eigenvalue weighted by atomic mass is 16.3. The van der Waals surface area contributed by atoms with Crippen molar-refractivity contribution in [2.45, 2.75) is 12.8 Å². The van der Waals surface area contributed by atoms with Gasteiger partial charge in [-0.3, -0.25) is 4.98 Å². The van der Waals surface area contributed by atoms with E-state index in [2.05, 4.69) is 19.1 Å². The van der Waals surface area contributed by atoms with Crippen LogP contribution in [0.2, 0.25) is 0 Å². The van der Waals surface area contributed by atoms with Crippen molar-refractivity contribution in [1.29, 1.82) is 0 Å². The van der Waals surface area contributed by atoms with Gasteiger partial charge in [-0.1, -0.05) is 61.5 Å². The standard InChI is InChI=1S/C19H17NO/c1-14(16-10-5-6-13-19(16)21)17-11-7-12-18(20-17)15-8-3-2-4-9-15/h2-14,21H,1H3. The zero-order valence-corrected chi connectivity index (χ0v) is 11.9. The van der Waals surface area contributed by atoms with Gasteiger partial charge in [-0.2, -0.15) is 0 Å². The third-order valence-corrected chi connectivity index (χ3v) is 3.69. The molecule has 0 saturated heterocycles. The van der Waals surface area contributed by atoms with Gasteiger partial charge in [0.25, 0.3) is 0 Å². The number of hydrogen-bond acceptors (Lipinski definition) is 2. The van der Waals surface area contributed by atoms with E-state index in [-0.39, 0.29) is 5.92 Å². The van der Waals surface area contributed by atoms with Crippen LogP contribution in [0.15, 0.2) is 72.8 Å². The Bertz CT molecular complexity index is 737. The number of para-hydroxylation sites is 1. The molecule has 0 aliphatic heterocycles. The molecule has 0 radical (unpaired) electrons. The second-order valence-electron chi connectivity index (χ2n) is 5.09. The molecule has 104 valence electrons. The highest BCUT2D eigenvalue weighted by molar-refractivity contribution is 5.59. The molecule has 1 atom stereocenters. The fourth-order valence-electron chi connectivity index (χ4n) is 2.48. The predicted octanol–water partition coefficient (Wildman–Crippen LogP) is 4.61. The third kappa shape index (κ3) is 2.79. The van der Waals surface area contributed by atoms with Crippen molar-refractivity contribution in [2.75, 3.05) is 0 Å². The van der Waals surface area contributed by atoms with E-state index in [1.807, 2.05) is 54.6 Å². The van der Waals surface area contributed by atoms with Crippen molar-refractivity contribution in [1.82, 2.24) is 4.98 Å². The summed E-state index contributed by atoms with van der Waals surface area (Å²) in [5, 5.41) is 10.0. The molecule has 1 heterocycles. The lowest BCUT2D eigenvalue weighted by atomic mass is 9.96. The second-order valence-corrected chi connectivity index (χ2v) is 5.09. The fourth-order valence-corrected chi connectivity index (χ4v) is 2.48. The zero-order chi connectivity index (χ0) is 14.7. The van der Waals surface area contributed by atoms with E-state index in [1.165, 1.54) is 0 Å². The first kappa shape index (κ1) is 13.4. The number of aromatic nitrogens is 1. The van der Waals surface area contributed by atoms with Crippen molar-refractivity contribution in [2.24, 2.45) is 0 Å². The van der Waals surface area contributed by atoms with Gasteiger partial charge in [-0.15, -0.1) is 0 Å². The second kappa shape index (κ2) is 5.80. The number of phenols is 1. The molecular formula is C19H17NO. The molecule has 0 amide bonds. The molecule has 3 rings (SSSR count). The van der Waals surface area contributed by atoms with E-state index in [0.29, 0.717) is 5.75 Å². The molecule has 0 aliphatic carbocycles. The minimum atomic E-state index is 0.0508. The largest absolute Gasteiger partial charge is 0.508 e. The molecule has 2 aromatic carbocycles. The number of nitrogens with zero attached hydrogens (tertiary/aromatic N) is 1. The summed E-state index contributed by atoms with van der Waals surface area (Å²) in [4.78, 5) is 4.75. The Morgan fingerprint density at radius 1 is 0.810 bits per heavy atom. The van der Waals surface area contributed by atoms with Crippen molar-refractivity contribution in [3.05, 3.63) is 84.1 Å². The number of aromatic hydroxyl groups is 1. The maximum absolute atomic E-state index is 10.0. The molecule has 3 aromatic rings. The van der Waals surface area contributed by atoms with Crippen LogP contribution in [0, 0.1) is 0 Å². The van der Waals surface area contributed by atoms with Crippen LogP contribution in [-0.2, 0) is 0 Å². The van der Waals surface area contributed by atoms with Gasteiger partial charge in [0.15, 0.2) is 0 Å². The van der Waals surface area contributed by atoms with Gasteiger partial charge < -0.3 is 5.11 Å². The number of rotatable bonds is 3. The monoisotopic (exact) mass is 275 g/mol. The van der Waals surface area contributed by atoms with Crippen molar-refractivity contribution < 1.29 is 5.11 Å². The van der Waals surface area contributed by atoms with Crippen LogP contribution in [0.5, 0.6) is 5.75 Å². The SMILES string of the molecule is CC(c1cccc(-c2ccccc2)n1)c1ccccc1O. The summed E-state index contributed by atoms with van der Waals surface area (Å²) in [6.45, 7) is 2.06. The average molecular weight is 275 g/mol. The Morgan fingerprint density at radius 3 is 2.29 bits per heavy atom. The van der Waals surface area contributed by atoms with E-state index >= 15 is 0 Å². The fraction of sp³-hybridized carbons (Fsp3) is 0.105. The van der Waals surface area contributed by atoms with Crippen LogP contribution in [0.25, 0.3) is 11.3 Å². The Labute approximate surface area is 124 Å². The lowest BCUT2D eigenvalue weighted by molar-refractivity contribution is 0.465. The van der Waals surface area contributed by atoms with E-state index in [0.717, 1.165) is 22.5 Å². The van der Waals surface area contributed by atoms with Crippen molar-refractivity contribution >= 4 is 0 Å². The lowest BCUT2D eigenvalue weighted by Gasteiger charge is -2.14. The Hall–Kier alpha value is -2.61. The molecule has 1 N–H and O–H groups in total. The van der Waals surface area contributed by atoms with Gasteiger partial charge >= 0.3 is 0 Å². The number of pyridine rings is 1. The van der Waals surface area contributed by atoms with Crippen LogP contribution in [-0.4, -0.2) is 10.1 Å². The predicted molar refractivity (Wildman–Crippen MR) is 85.3 cm³/mol. The molecule has 0 fully saturated rings. The molecule has 0 spiro atoms. The molecule has 2 nitrogen and oxygen atoms in total. The topological polar surface area (TPSA) is 33.1 Å². The highest BCUT2D eigenvalue weighted by Crippen LogP contribution is 2.30. The van der Waals surface area contributed by atoms with Crippen LogP contribution in [0.1, 0.15) is 24.1 Å². The highest BCUT2D eigenvalue weighted by Gasteiger charge is 2.14. The minimum absolute atomic E-state index is 0.0508. The lowest BCUT2D eigenvalue weighted by Crippen LogP contribution is -2.00. The first-order valence-electron chi connectivity index (χ1n) is 7.06. The Balaban J connectivity index is 1.99. The molecule has 0 saturated carbocycles. The van der Waals surface area contributed by atoms with Gasteiger partial charge in [0.1, 0.15) is 5.75 Å². The van der Waals surface area contributed by atoms with Crippen molar-refractivity contribution in [3.8, 4) is 17.0 Å². The van der Waals surface area contributed by atoms with Gasteiger partial charge in [0, 0.05) is 22.7 Å².